The third kappa shape index (κ3) is 2.48. The van der Waals surface area contributed by atoms with Crippen molar-refractivity contribution in [2.75, 3.05) is 5.32 Å². The Kier molecular flexibility index (Phi) is 3.12. The lowest BCUT2D eigenvalue weighted by Gasteiger charge is -2.07. The Labute approximate surface area is 118 Å². The standard InChI is InChI=1S/C14H11ClN2O3/c15-10-5-8(1-3-12(10)18)7-16-9-2-4-13-11(6-9)17-14(19)20-13/h1-6,16,18H,7H2,(H,17,19). The largest absolute Gasteiger partial charge is 0.506 e. The number of aromatic amines is 1. The van der Waals surface area contributed by atoms with E-state index in [9.17, 15) is 9.90 Å². The first-order chi connectivity index (χ1) is 9.61. The van der Waals surface area contributed by atoms with Crippen LogP contribution in [0.4, 0.5) is 5.69 Å². The number of nitrogens with one attached hydrogen (secondary N) is 2. The third-order valence-corrected chi connectivity index (χ3v) is 3.23. The van der Waals surface area contributed by atoms with Crippen LogP contribution in [0.1, 0.15) is 5.56 Å². The van der Waals surface area contributed by atoms with Crippen molar-refractivity contribution in [2.45, 2.75) is 6.54 Å². The first-order valence-electron chi connectivity index (χ1n) is 5.96. The SMILES string of the molecule is O=c1[nH]c2cc(NCc3ccc(O)c(Cl)c3)ccc2o1. The molecule has 0 spiro atoms. The van der Waals surface area contributed by atoms with Crippen molar-refractivity contribution in [3.05, 3.63) is 57.5 Å². The predicted octanol–water partition coefficient (Wildman–Crippen LogP) is 3.09. The maximum atomic E-state index is 11.1. The highest BCUT2D eigenvalue weighted by Gasteiger charge is 2.03. The first kappa shape index (κ1) is 12.6. The molecule has 0 amide bonds. The van der Waals surface area contributed by atoms with Crippen LogP contribution in [0.3, 0.4) is 0 Å². The zero-order chi connectivity index (χ0) is 14.1. The lowest BCUT2D eigenvalue weighted by molar-refractivity contribution is 0.475. The molecule has 6 heteroatoms. The number of H-pyrrole nitrogens is 1. The summed E-state index contributed by atoms with van der Waals surface area (Å²) in [7, 11) is 0. The van der Waals surface area contributed by atoms with Crippen LogP contribution in [0.25, 0.3) is 11.1 Å². The highest BCUT2D eigenvalue weighted by atomic mass is 35.5. The van der Waals surface area contributed by atoms with Gasteiger partial charge in [-0.3, -0.25) is 4.98 Å². The van der Waals surface area contributed by atoms with Gasteiger partial charge in [-0.2, -0.15) is 0 Å². The molecule has 2 aromatic carbocycles. The van der Waals surface area contributed by atoms with E-state index in [0.29, 0.717) is 22.7 Å². The Bertz CT molecular complexity index is 823. The van der Waals surface area contributed by atoms with Gasteiger partial charge < -0.3 is 14.8 Å². The Morgan fingerprint density at radius 3 is 2.90 bits per heavy atom. The molecule has 0 atom stereocenters. The summed E-state index contributed by atoms with van der Waals surface area (Å²) in [4.78, 5) is 13.7. The molecule has 0 aliphatic heterocycles. The van der Waals surface area contributed by atoms with Crippen LogP contribution in [-0.2, 0) is 6.54 Å². The van der Waals surface area contributed by atoms with E-state index in [1.54, 1.807) is 30.3 Å². The molecular weight excluding hydrogens is 280 g/mol. The maximum Gasteiger partial charge on any atom is 0.417 e. The molecule has 0 fully saturated rings. The molecule has 1 heterocycles. The number of aromatic nitrogens is 1. The predicted molar refractivity (Wildman–Crippen MR) is 77.3 cm³/mol. The van der Waals surface area contributed by atoms with Gasteiger partial charge in [0.1, 0.15) is 5.75 Å². The highest BCUT2D eigenvalue weighted by Crippen LogP contribution is 2.24. The second-order valence-electron chi connectivity index (χ2n) is 4.36. The molecule has 0 saturated carbocycles. The summed E-state index contributed by atoms with van der Waals surface area (Å²) in [5, 5.41) is 12.9. The quantitative estimate of drug-likeness (QED) is 0.692. The third-order valence-electron chi connectivity index (χ3n) is 2.93. The van der Waals surface area contributed by atoms with E-state index in [-0.39, 0.29) is 5.75 Å². The van der Waals surface area contributed by atoms with Crippen molar-refractivity contribution >= 4 is 28.4 Å². The normalized spacial score (nSPS) is 10.8. The Hall–Kier alpha value is -2.40. The van der Waals surface area contributed by atoms with Crippen LogP contribution in [0, 0.1) is 0 Å². The lowest BCUT2D eigenvalue weighted by atomic mass is 10.2. The van der Waals surface area contributed by atoms with Gasteiger partial charge in [0.2, 0.25) is 0 Å². The molecule has 102 valence electrons. The molecular formula is C14H11ClN2O3. The van der Waals surface area contributed by atoms with Crippen LogP contribution in [0.5, 0.6) is 5.75 Å². The van der Waals surface area contributed by atoms with Gasteiger partial charge in [-0.05, 0) is 35.9 Å². The molecule has 0 aliphatic carbocycles. The van der Waals surface area contributed by atoms with Crippen LogP contribution in [0.15, 0.2) is 45.6 Å². The van der Waals surface area contributed by atoms with E-state index in [0.717, 1.165) is 11.3 Å². The molecule has 3 aromatic rings. The number of hydrogen-bond donors (Lipinski definition) is 3. The molecule has 3 N–H and O–H groups in total. The van der Waals surface area contributed by atoms with E-state index < -0.39 is 5.76 Å². The van der Waals surface area contributed by atoms with Gasteiger partial charge in [0.15, 0.2) is 5.58 Å². The van der Waals surface area contributed by atoms with Crippen molar-refractivity contribution in [1.29, 1.82) is 0 Å². The summed E-state index contributed by atoms with van der Waals surface area (Å²) in [5.41, 5.74) is 2.95. The van der Waals surface area contributed by atoms with Crippen molar-refractivity contribution in [1.82, 2.24) is 4.98 Å². The van der Waals surface area contributed by atoms with Gasteiger partial charge in [-0.15, -0.1) is 0 Å². The molecule has 20 heavy (non-hydrogen) atoms. The number of halogens is 1. The summed E-state index contributed by atoms with van der Waals surface area (Å²) < 4.78 is 4.93. The smallest absolute Gasteiger partial charge is 0.417 e. The van der Waals surface area contributed by atoms with Gasteiger partial charge in [-0.25, -0.2) is 4.79 Å². The fourth-order valence-electron chi connectivity index (χ4n) is 1.93. The first-order valence-corrected chi connectivity index (χ1v) is 6.34. The van der Waals surface area contributed by atoms with E-state index >= 15 is 0 Å². The van der Waals surface area contributed by atoms with Gasteiger partial charge in [-0.1, -0.05) is 17.7 Å². The molecule has 0 radical (unpaired) electrons. The molecule has 1 aromatic heterocycles. The summed E-state index contributed by atoms with van der Waals surface area (Å²) >= 11 is 5.85. The average molecular weight is 291 g/mol. The molecule has 0 saturated heterocycles. The number of benzene rings is 2. The fourth-order valence-corrected chi connectivity index (χ4v) is 2.13. The number of phenolic OH excluding ortho intramolecular Hbond substituents is 1. The zero-order valence-corrected chi connectivity index (χ0v) is 11.1. The Morgan fingerprint density at radius 2 is 2.10 bits per heavy atom. The summed E-state index contributed by atoms with van der Waals surface area (Å²) in [6, 6.07) is 10.4. The monoisotopic (exact) mass is 290 g/mol. The average Bonchev–Trinajstić information content (AvgIpc) is 2.79. The number of phenols is 1. The van der Waals surface area contributed by atoms with E-state index in [1.807, 2.05) is 6.07 Å². The van der Waals surface area contributed by atoms with Crippen LogP contribution >= 0.6 is 11.6 Å². The molecule has 5 nitrogen and oxygen atoms in total. The van der Waals surface area contributed by atoms with Crippen molar-refractivity contribution in [2.24, 2.45) is 0 Å². The van der Waals surface area contributed by atoms with Gasteiger partial charge in [0.05, 0.1) is 10.5 Å². The number of aromatic hydroxyl groups is 1. The van der Waals surface area contributed by atoms with Crippen molar-refractivity contribution in [3.8, 4) is 5.75 Å². The second kappa shape index (κ2) is 4.94. The molecule has 0 aliphatic rings. The lowest BCUT2D eigenvalue weighted by Crippen LogP contribution is -1.99. The number of fused-ring (bicyclic) bond motifs is 1. The van der Waals surface area contributed by atoms with Gasteiger partial charge >= 0.3 is 5.76 Å². The topological polar surface area (TPSA) is 78.3 Å². The Balaban J connectivity index is 1.78. The maximum absolute atomic E-state index is 11.1. The van der Waals surface area contributed by atoms with Crippen LogP contribution in [-0.4, -0.2) is 10.1 Å². The van der Waals surface area contributed by atoms with Crippen LogP contribution < -0.4 is 11.1 Å². The van der Waals surface area contributed by atoms with E-state index in [4.69, 9.17) is 16.0 Å². The van der Waals surface area contributed by atoms with Crippen molar-refractivity contribution < 1.29 is 9.52 Å². The minimum Gasteiger partial charge on any atom is -0.506 e. The minimum absolute atomic E-state index is 0.0628. The minimum atomic E-state index is -0.470. The fraction of sp³-hybridized carbons (Fsp3) is 0.0714. The van der Waals surface area contributed by atoms with Crippen LogP contribution in [0.2, 0.25) is 5.02 Å². The number of anilines is 1. The Morgan fingerprint density at radius 1 is 1.25 bits per heavy atom. The summed E-state index contributed by atoms with van der Waals surface area (Å²) in [6.45, 7) is 0.549. The number of rotatable bonds is 3. The summed E-state index contributed by atoms with van der Waals surface area (Å²) in [6.07, 6.45) is 0. The van der Waals surface area contributed by atoms with E-state index in [2.05, 4.69) is 10.3 Å². The molecule has 3 rings (SSSR count). The van der Waals surface area contributed by atoms with Gasteiger partial charge in [0.25, 0.3) is 0 Å². The molecule has 0 bridgehead atoms. The zero-order valence-electron chi connectivity index (χ0n) is 10.3. The number of hydrogen-bond acceptors (Lipinski definition) is 4. The van der Waals surface area contributed by atoms with Gasteiger partial charge in [0, 0.05) is 12.2 Å². The second-order valence-corrected chi connectivity index (χ2v) is 4.77. The van der Waals surface area contributed by atoms with Crippen molar-refractivity contribution in [3.63, 3.8) is 0 Å². The van der Waals surface area contributed by atoms with E-state index in [1.165, 1.54) is 0 Å². The molecule has 0 unspecified atom stereocenters. The highest BCUT2D eigenvalue weighted by molar-refractivity contribution is 6.32. The number of oxazole rings is 1. The summed E-state index contributed by atoms with van der Waals surface area (Å²) in [5.74, 6) is -0.407.